The highest BCUT2D eigenvalue weighted by molar-refractivity contribution is 5.69. The molecule has 5 saturated carbocycles. The van der Waals surface area contributed by atoms with Crippen molar-refractivity contribution in [1.29, 1.82) is 0 Å². The summed E-state index contributed by atoms with van der Waals surface area (Å²) in [5.41, 5.74) is -1.20. The number of carbonyl (C=O) groups is 1. The molecule has 5 aliphatic carbocycles. The summed E-state index contributed by atoms with van der Waals surface area (Å²) in [4.78, 5) is 12.7. The van der Waals surface area contributed by atoms with Gasteiger partial charge < -0.3 is 29.5 Å². The lowest BCUT2D eigenvalue weighted by Crippen LogP contribution is -2.66. The summed E-state index contributed by atoms with van der Waals surface area (Å²) in [6.07, 6.45) is 7.27. The van der Waals surface area contributed by atoms with Gasteiger partial charge in [-0.1, -0.05) is 41.5 Å². The Kier molecular flexibility index (Phi) is 7.59. The first kappa shape index (κ1) is 32.2. The molecular formula is C36H60O7. The molecule has 0 aromatic heterocycles. The maximum absolute atomic E-state index is 12.7. The highest BCUT2D eigenvalue weighted by Crippen LogP contribution is 2.91. The minimum atomic E-state index is -1.24. The molecule has 0 amide bonds. The van der Waals surface area contributed by atoms with E-state index in [1.807, 2.05) is 0 Å². The Morgan fingerprint density at radius 3 is 2.35 bits per heavy atom. The molecule has 246 valence electrons. The van der Waals surface area contributed by atoms with Crippen molar-refractivity contribution < 1.29 is 34.3 Å². The summed E-state index contributed by atoms with van der Waals surface area (Å²) in [6, 6.07) is 0. The van der Waals surface area contributed by atoms with Gasteiger partial charge >= 0.3 is 5.97 Å². The Bertz CT molecular complexity index is 1100. The van der Waals surface area contributed by atoms with Crippen molar-refractivity contribution in [2.24, 2.45) is 56.7 Å². The first-order chi connectivity index (χ1) is 19.9. The van der Waals surface area contributed by atoms with Crippen LogP contribution in [0.2, 0.25) is 0 Å². The number of esters is 1. The van der Waals surface area contributed by atoms with Gasteiger partial charge in [-0.15, -0.1) is 0 Å². The minimum absolute atomic E-state index is 0.0863. The third kappa shape index (κ3) is 4.33. The Balaban J connectivity index is 1.25. The molecule has 7 heteroatoms. The number of carbonyl (C=O) groups excluding carboxylic acids is 1. The second-order valence-electron chi connectivity index (χ2n) is 18.0. The second-order valence-corrected chi connectivity index (χ2v) is 18.0. The Morgan fingerprint density at radius 2 is 1.72 bits per heavy atom. The molecule has 0 aromatic rings. The van der Waals surface area contributed by atoms with Gasteiger partial charge in [-0.25, -0.2) is 0 Å². The van der Waals surface area contributed by atoms with E-state index < -0.39 is 17.8 Å². The van der Waals surface area contributed by atoms with Crippen molar-refractivity contribution in [2.75, 3.05) is 7.11 Å². The van der Waals surface area contributed by atoms with Crippen LogP contribution in [0.25, 0.3) is 0 Å². The molecule has 1 aliphatic heterocycles. The van der Waals surface area contributed by atoms with Crippen LogP contribution in [0.3, 0.4) is 0 Å². The number of methoxy groups -OCH3 is 1. The summed E-state index contributed by atoms with van der Waals surface area (Å²) in [5, 5.41) is 33.7. The van der Waals surface area contributed by atoms with Crippen molar-refractivity contribution in [1.82, 2.24) is 0 Å². The molecule has 0 radical (unpaired) electrons. The predicted octanol–water partition coefficient (Wildman–Crippen LogP) is 5.86. The van der Waals surface area contributed by atoms with E-state index >= 15 is 0 Å². The van der Waals surface area contributed by atoms with Crippen LogP contribution in [0.4, 0.5) is 0 Å². The number of rotatable bonds is 7. The third-order valence-corrected chi connectivity index (χ3v) is 14.9. The predicted molar refractivity (Wildman–Crippen MR) is 164 cm³/mol. The number of ether oxygens (including phenoxy) is 3. The molecule has 0 spiro atoms. The third-order valence-electron chi connectivity index (χ3n) is 14.9. The van der Waals surface area contributed by atoms with Crippen molar-refractivity contribution in [2.45, 2.75) is 156 Å². The van der Waals surface area contributed by atoms with Gasteiger partial charge in [-0.05, 0) is 112 Å². The normalized spacial score (nSPS) is 50.8. The average Bonchev–Trinajstić information content (AvgIpc) is 3.23. The van der Waals surface area contributed by atoms with Gasteiger partial charge in [0.25, 0.3) is 0 Å². The average molecular weight is 605 g/mol. The zero-order chi connectivity index (χ0) is 31.5. The highest BCUT2D eigenvalue weighted by atomic mass is 16.7. The molecule has 6 aliphatic rings. The number of hydrogen-bond donors (Lipinski definition) is 3. The van der Waals surface area contributed by atoms with Crippen LogP contribution in [0.15, 0.2) is 0 Å². The van der Waals surface area contributed by atoms with Crippen LogP contribution >= 0.6 is 0 Å². The van der Waals surface area contributed by atoms with Gasteiger partial charge in [0, 0.05) is 30.3 Å². The number of fused-ring (bicyclic) bond motifs is 3. The smallest absolute Gasteiger partial charge is 0.306 e. The Morgan fingerprint density at radius 1 is 1.02 bits per heavy atom. The Hall–Kier alpha value is -0.730. The molecule has 7 nitrogen and oxygen atoms in total. The molecule has 0 aromatic carbocycles. The zero-order valence-electron chi connectivity index (χ0n) is 28.3. The van der Waals surface area contributed by atoms with Crippen LogP contribution in [-0.2, 0) is 19.0 Å². The number of hydrogen-bond acceptors (Lipinski definition) is 7. The fraction of sp³-hybridized carbons (Fsp3) is 0.972. The lowest BCUT2D eigenvalue weighted by Gasteiger charge is -2.68. The number of aliphatic hydroxyl groups excluding tert-OH is 2. The quantitative estimate of drug-likeness (QED) is 0.313. The second kappa shape index (κ2) is 10.1. The first-order valence-electron chi connectivity index (χ1n) is 17.4. The van der Waals surface area contributed by atoms with Gasteiger partial charge in [-0.2, -0.15) is 0 Å². The maximum atomic E-state index is 12.7. The number of aliphatic hydroxyl groups is 3. The van der Waals surface area contributed by atoms with E-state index in [4.69, 9.17) is 14.2 Å². The molecule has 13 atom stereocenters. The van der Waals surface area contributed by atoms with Crippen LogP contribution < -0.4 is 0 Å². The fourth-order valence-corrected chi connectivity index (χ4v) is 13.0. The zero-order valence-corrected chi connectivity index (χ0v) is 28.3. The van der Waals surface area contributed by atoms with Gasteiger partial charge in [-0.3, -0.25) is 4.79 Å². The summed E-state index contributed by atoms with van der Waals surface area (Å²) < 4.78 is 18.3. The largest absolute Gasteiger partial charge is 0.462 e. The van der Waals surface area contributed by atoms with Crippen LogP contribution in [-0.4, -0.2) is 64.7 Å². The Labute approximate surface area is 259 Å². The topological polar surface area (TPSA) is 105 Å². The van der Waals surface area contributed by atoms with Crippen molar-refractivity contribution >= 4 is 5.97 Å². The van der Waals surface area contributed by atoms with Crippen molar-refractivity contribution in [3.8, 4) is 0 Å². The SMILES string of the molecule is CO[C@@H]1OC(C(O)C(C)(C)O)C[C@H]1[C@H]1CC[C@]23C[C@]12CC[C@@H]1[C@@]2(C)CC[C@@H](OC(=O)CC(C)C)C(C)(C)[C@@H]2C[C@@H](O)[C@]13C. The molecular weight excluding hydrogens is 544 g/mol. The van der Waals surface area contributed by atoms with E-state index in [9.17, 15) is 20.1 Å². The molecule has 6 rings (SSSR count). The van der Waals surface area contributed by atoms with E-state index in [1.165, 1.54) is 12.8 Å². The van der Waals surface area contributed by atoms with Gasteiger partial charge in [0.1, 0.15) is 12.2 Å². The first-order valence-corrected chi connectivity index (χ1v) is 17.4. The summed E-state index contributed by atoms with van der Waals surface area (Å²) in [7, 11) is 1.70. The highest BCUT2D eigenvalue weighted by Gasteiger charge is 2.86. The summed E-state index contributed by atoms with van der Waals surface area (Å²) in [6.45, 7) is 16.9. The van der Waals surface area contributed by atoms with Crippen LogP contribution in [0.5, 0.6) is 0 Å². The van der Waals surface area contributed by atoms with Crippen LogP contribution in [0.1, 0.15) is 120 Å². The van der Waals surface area contributed by atoms with E-state index in [0.717, 1.165) is 38.5 Å². The van der Waals surface area contributed by atoms with Crippen molar-refractivity contribution in [3.05, 3.63) is 0 Å². The molecule has 0 bridgehead atoms. The molecule has 2 unspecified atom stereocenters. The van der Waals surface area contributed by atoms with E-state index in [1.54, 1.807) is 21.0 Å². The summed E-state index contributed by atoms with van der Waals surface area (Å²) in [5.74, 6) is 1.53. The summed E-state index contributed by atoms with van der Waals surface area (Å²) >= 11 is 0. The molecule has 6 fully saturated rings. The maximum Gasteiger partial charge on any atom is 0.306 e. The van der Waals surface area contributed by atoms with Gasteiger partial charge in [0.2, 0.25) is 0 Å². The standard InChI is InChI=1S/C36H60O7/c1-20(2)16-28(38)43-27-12-13-33(7)24-11-14-35-19-36(35,34(24,8)26(37)18-25(33)31(27,3)4)15-10-22(35)21-17-23(42-30(21)41-9)29(39)32(5,6)40/h20-27,29-30,37,39-40H,10-19H2,1-9H3/t21-,22+,23?,24+,25-,26+,27+,29?,30+,33+,34-,35+,36+/m0/s1. The van der Waals surface area contributed by atoms with Crippen LogP contribution in [0, 0.1) is 56.7 Å². The molecule has 1 heterocycles. The van der Waals surface area contributed by atoms with Gasteiger partial charge in [0.05, 0.1) is 17.8 Å². The van der Waals surface area contributed by atoms with Gasteiger partial charge in [0.15, 0.2) is 6.29 Å². The van der Waals surface area contributed by atoms with E-state index in [-0.39, 0.29) is 63.4 Å². The molecule has 3 N–H and O–H groups in total. The fourth-order valence-electron chi connectivity index (χ4n) is 13.0. The minimum Gasteiger partial charge on any atom is -0.462 e. The van der Waals surface area contributed by atoms with E-state index in [2.05, 4.69) is 41.5 Å². The monoisotopic (exact) mass is 604 g/mol. The lowest BCUT2D eigenvalue weighted by molar-refractivity contribution is -0.246. The van der Waals surface area contributed by atoms with Crippen molar-refractivity contribution in [3.63, 3.8) is 0 Å². The lowest BCUT2D eigenvalue weighted by atomic mass is 9.37. The molecule has 1 saturated heterocycles. The van der Waals surface area contributed by atoms with E-state index in [0.29, 0.717) is 30.6 Å². The molecule has 43 heavy (non-hydrogen) atoms.